The van der Waals surface area contributed by atoms with E-state index in [0.717, 1.165) is 0 Å². The van der Waals surface area contributed by atoms with Gasteiger partial charge in [0.15, 0.2) is 0 Å². The van der Waals surface area contributed by atoms with Gasteiger partial charge in [-0.05, 0) is 13.0 Å². The molecule has 8 nitrogen and oxygen atoms in total. The molecule has 0 aliphatic carbocycles. The van der Waals surface area contributed by atoms with E-state index < -0.39 is 17.5 Å². The minimum atomic E-state index is -1.06. The SMILES string of the molecule is Cc1ccc([N+](=O)[O-])c(NCCOCC(=O)O)n1. The number of hydrogen-bond donors (Lipinski definition) is 2. The summed E-state index contributed by atoms with van der Waals surface area (Å²) in [6, 6.07) is 2.91. The predicted molar refractivity (Wildman–Crippen MR) is 62.6 cm³/mol. The average molecular weight is 255 g/mol. The lowest BCUT2D eigenvalue weighted by Crippen LogP contribution is -2.15. The number of aryl methyl sites for hydroxylation is 1. The summed E-state index contributed by atoms with van der Waals surface area (Å²) in [4.78, 5) is 24.4. The number of carboxylic acid groups (broad SMARTS) is 1. The van der Waals surface area contributed by atoms with Crippen LogP contribution in [0.4, 0.5) is 11.5 Å². The van der Waals surface area contributed by atoms with Crippen molar-refractivity contribution in [3.63, 3.8) is 0 Å². The molecule has 0 bridgehead atoms. The molecule has 1 heterocycles. The van der Waals surface area contributed by atoms with Crippen LogP contribution in [0.1, 0.15) is 5.69 Å². The highest BCUT2D eigenvalue weighted by Gasteiger charge is 2.14. The molecule has 1 rings (SSSR count). The highest BCUT2D eigenvalue weighted by Crippen LogP contribution is 2.21. The first-order chi connectivity index (χ1) is 8.50. The minimum Gasteiger partial charge on any atom is -0.480 e. The molecule has 1 aromatic rings. The van der Waals surface area contributed by atoms with Crippen LogP contribution in [0.3, 0.4) is 0 Å². The smallest absolute Gasteiger partial charge is 0.329 e. The zero-order valence-corrected chi connectivity index (χ0v) is 9.75. The van der Waals surface area contributed by atoms with E-state index in [-0.39, 0.29) is 24.7 Å². The number of pyridine rings is 1. The average Bonchev–Trinajstić information content (AvgIpc) is 2.27. The molecule has 0 radical (unpaired) electrons. The van der Waals surface area contributed by atoms with Gasteiger partial charge in [0.25, 0.3) is 0 Å². The van der Waals surface area contributed by atoms with Crippen molar-refractivity contribution >= 4 is 17.5 Å². The number of aliphatic carboxylic acids is 1. The molecule has 0 atom stereocenters. The van der Waals surface area contributed by atoms with Gasteiger partial charge >= 0.3 is 11.7 Å². The molecular weight excluding hydrogens is 242 g/mol. The number of ether oxygens (including phenoxy) is 1. The first-order valence-electron chi connectivity index (χ1n) is 5.16. The van der Waals surface area contributed by atoms with Gasteiger partial charge in [0.2, 0.25) is 5.82 Å². The van der Waals surface area contributed by atoms with Gasteiger partial charge in [-0.15, -0.1) is 0 Å². The second-order valence-electron chi connectivity index (χ2n) is 3.45. The summed E-state index contributed by atoms with van der Waals surface area (Å²) < 4.78 is 4.79. The summed E-state index contributed by atoms with van der Waals surface area (Å²) in [6.45, 7) is 1.69. The highest BCUT2D eigenvalue weighted by molar-refractivity contribution is 5.68. The van der Waals surface area contributed by atoms with Crippen molar-refractivity contribution < 1.29 is 19.6 Å². The fourth-order valence-corrected chi connectivity index (χ4v) is 1.23. The van der Waals surface area contributed by atoms with Crippen molar-refractivity contribution in [1.82, 2.24) is 4.98 Å². The number of hydrogen-bond acceptors (Lipinski definition) is 6. The summed E-state index contributed by atoms with van der Waals surface area (Å²) in [7, 11) is 0. The fraction of sp³-hybridized carbons (Fsp3) is 0.400. The quantitative estimate of drug-likeness (QED) is 0.421. The van der Waals surface area contributed by atoms with Crippen LogP contribution in [0.5, 0.6) is 0 Å². The monoisotopic (exact) mass is 255 g/mol. The Bertz CT molecular complexity index is 449. The Hall–Kier alpha value is -2.22. The van der Waals surface area contributed by atoms with Crippen LogP contribution in [-0.4, -0.2) is 40.7 Å². The zero-order chi connectivity index (χ0) is 13.5. The van der Waals surface area contributed by atoms with E-state index in [1.165, 1.54) is 6.07 Å². The Morgan fingerprint density at radius 2 is 2.33 bits per heavy atom. The number of carbonyl (C=O) groups is 1. The van der Waals surface area contributed by atoms with Crippen molar-refractivity contribution in [3.8, 4) is 0 Å². The molecule has 0 saturated carbocycles. The first-order valence-corrected chi connectivity index (χ1v) is 5.16. The van der Waals surface area contributed by atoms with Gasteiger partial charge in [0.1, 0.15) is 6.61 Å². The molecular formula is C10H13N3O5. The third-order valence-electron chi connectivity index (χ3n) is 1.97. The maximum atomic E-state index is 10.7. The van der Waals surface area contributed by atoms with E-state index in [2.05, 4.69) is 10.3 Å². The molecule has 18 heavy (non-hydrogen) atoms. The lowest BCUT2D eigenvalue weighted by Gasteiger charge is -2.06. The van der Waals surface area contributed by atoms with Crippen molar-refractivity contribution in [1.29, 1.82) is 0 Å². The summed E-state index contributed by atoms with van der Waals surface area (Å²) in [5.74, 6) is -0.909. The summed E-state index contributed by atoms with van der Waals surface area (Å²) in [5.41, 5.74) is 0.522. The molecule has 0 aromatic carbocycles. The number of nitrogens with zero attached hydrogens (tertiary/aromatic N) is 2. The Morgan fingerprint density at radius 1 is 1.61 bits per heavy atom. The van der Waals surface area contributed by atoms with Gasteiger partial charge in [0.05, 0.1) is 11.5 Å². The van der Waals surface area contributed by atoms with Gasteiger partial charge < -0.3 is 15.2 Å². The van der Waals surface area contributed by atoms with Crippen molar-refractivity contribution in [2.24, 2.45) is 0 Å². The molecule has 98 valence electrons. The van der Waals surface area contributed by atoms with Crippen LogP contribution in [0.2, 0.25) is 0 Å². The fourth-order valence-electron chi connectivity index (χ4n) is 1.23. The lowest BCUT2D eigenvalue weighted by atomic mass is 10.3. The lowest BCUT2D eigenvalue weighted by molar-refractivity contribution is -0.384. The first kappa shape index (κ1) is 13.8. The van der Waals surface area contributed by atoms with E-state index in [0.29, 0.717) is 5.69 Å². The Balaban J connectivity index is 2.53. The third kappa shape index (κ3) is 4.34. The van der Waals surface area contributed by atoms with Gasteiger partial charge in [0, 0.05) is 18.3 Å². The Kier molecular flexibility index (Phi) is 5.00. The van der Waals surface area contributed by atoms with Gasteiger partial charge in [-0.2, -0.15) is 0 Å². The standard InChI is InChI=1S/C10H13N3O5/c1-7-2-3-8(13(16)17)10(12-7)11-4-5-18-6-9(14)15/h2-3H,4-6H2,1H3,(H,11,12)(H,14,15). The molecule has 0 unspecified atom stereocenters. The predicted octanol–water partition coefficient (Wildman–Crippen LogP) is 0.811. The number of nitrogens with one attached hydrogen (secondary N) is 1. The Morgan fingerprint density at radius 3 is 2.94 bits per heavy atom. The molecule has 0 aliphatic rings. The second-order valence-corrected chi connectivity index (χ2v) is 3.45. The zero-order valence-electron chi connectivity index (χ0n) is 9.75. The molecule has 8 heteroatoms. The van der Waals surface area contributed by atoms with Crippen molar-refractivity contribution in [3.05, 3.63) is 27.9 Å². The topological polar surface area (TPSA) is 115 Å². The van der Waals surface area contributed by atoms with E-state index in [1.807, 2.05) is 0 Å². The molecule has 1 aromatic heterocycles. The summed E-state index contributed by atoms with van der Waals surface area (Å²) in [5, 5.41) is 21.8. The van der Waals surface area contributed by atoms with Crippen molar-refractivity contribution in [2.75, 3.05) is 25.1 Å². The maximum absolute atomic E-state index is 10.7. The van der Waals surface area contributed by atoms with E-state index in [1.54, 1.807) is 13.0 Å². The molecule has 0 amide bonds. The van der Waals surface area contributed by atoms with Crippen LogP contribution >= 0.6 is 0 Å². The van der Waals surface area contributed by atoms with Crippen LogP contribution in [0.25, 0.3) is 0 Å². The van der Waals surface area contributed by atoms with Crippen LogP contribution in [0, 0.1) is 17.0 Å². The summed E-state index contributed by atoms with van der Waals surface area (Å²) in [6.07, 6.45) is 0. The highest BCUT2D eigenvalue weighted by atomic mass is 16.6. The van der Waals surface area contributed by atoms with Crippen molar-refractivity contribution in [2.45, 2.75) is 6.92 Å². The van der Waals surface area contributed by atoms with E-state index >= 15 is 0 Å². The van der Waals surface area contributed by atoms with E-state index in [4.69, 9.17) is 9.84 Å². The Labute approximate surface area is 103 Å². The maximum Gasteiger partial charge on any atom is 0.329 e. The molecule has 0 aliphatic heterocycles. The number of carboxylic acids is 1. The third-order valence-corrected chi connectivity index (χ3v) is 1.97. The van der Waals surface area contributed by atoms with Crippen LogP contribution < -0.4 is 5.32 Å². The van der Waals surface area contributed by atoms with Gasteiger partial charge in [-0.1, -0.05) is 0 Å². The number of rotatable bonds is 7. The van der Waals surface area contributed by atoms with E-state index in [9.17, 15) is 14.9 Å². The molecule has 0 fully saturated rings. The largest absolute Gasteiger partial charge is 0.480 e. The normalized spacial score (nSPS) is 10.1. The van der Waals surface area contributed by atoms with Crippen LogP contribution in [0.15, 0.2) is 12.1 Å². The molecule has 0 spiro atoms. The summed E-state index contributed by atoms with van der Waals surface area (Å²) >= 11 is 0. The number of nitro groups is 1. The van der Waals surface area contributed by atoms with Gasteiger partial charge in [-0.25, -0.2) is 9.78 Å². The molecule has 2 N–H and O–H groups in total. The van der Waals surface area contributed by atoms with Crippen LogP contribution in [-0.2, 0) is 9.53 Å². The van der Waals surface area contributed by atoms with Gasteiger partial charge in [-0.3, -0.25) is 10.1 Å². The molecule has 0 saturated heterocycles. The minimum absolute atomic E-state index is 0.124. The second kappa shape index (κ2) is 6.50. The number of anilines is 1. The number of aromatic nitrogens is 1.